The molecule has 2 amide bonds. The summed E-state index contributed by atoms with van der Waals surface area (Å²) in [4.78, 5) is 31.6. The SMILES string of the molecule is O=C(c1ccc[nH]1)N1CCN(C(=O)c2ccc(Cl)s2)CC1. The van der Waals surface area contributed by atoms with Crippen LogP contribution in [-0.2, 0) is 0 Å². The van der Waals surface area contributed by atoms with Gasteiger partial charge in [-0.3, -0.25) is 9.59 Å². The average molecular weight is 324 g/mol. The topological polar surface area (TPSA) is 56.4 Å². The Balaban J connectivity index is 1.60. The van der Waals surface area contributed by atoms with Crippen molar-refractivity contribution in [2.45, 2.75) is 0 Å². The van der Waals surface area contributed by atoms with Gasteiger partial charge in [0, 0.05) is 32.4 Å². The molecule has 0 aromatic carbocycles. The van der Waals surface area contributed by atoms with Gasteiger partial charge in [-0.25, -0.2) is 0 Å². The molecule has 0 bridgehead atoms. The first kappa shape index (κ1) is 14.2. The number of carbonyl (C=O) groups excluding carboxylic acids is 2. The number of hydrogen-bond donors (Lipinski definition) is 1. The van der Waals surface area contributed by atoms with Gasteiger partial charge in [0.2, 0.25) is 0 Å². The van der Waals surface area contributed by atoms with E-state index in [2.05, 4.69) is 4.98 Å². The molecule has 0 atom stereocenters. The Morgan fingerprint density at radius 1 is 1.05 bits per heavy atom. The van der Waals surface area contributed by atoms with Crippen molar-refractivity contribution in [2.24, 2.45) is 0 Å². The zero-order valence-electron chi connectivity index (χ0n) is 11.2. The Labute approximate surface area is 131 Å². The number of aromatic nitrogens is 1. The van der Waals surface area contributed by atoms with E-state index < -0.39 is 0 Å². The van der Waals surface area contributed by atoms with E-state index in [0.29, 0.717) is 41.1 Å². The Kier molecular flexibility index (Phi) is 3.98. The summed E-state index contributed by atoms with van der Waals surface area (Å²) < 4.78 is 0.610. The molecule has 0 saturated carbocycles. The Bertz CT molecular complexity index is 645. The molecule has 1 N–H and O–H groups in total. The number of halogens is 1. The Morgan fingerprint density at radius 3 is 2.24 bits per heavy atom. The molecule has 0 aliphatic carbocycles. The fourth-order valence-corrected chi connectivity index (χ4v) is 3.34. The first-order valence-electron chi connectivity index (χ1n) is 6.62. The molecule has 3 heterocycles. The van der Waals surface area contributed by atoms with Gasteiger partial charge in [-0.2, -0.15) is 0 Å². The van der Waals surface area contributed by atoms with Gasteiger partial charge >= 0.3 is 0 Å². The number of carbonyl (C=O) groups is 2. The van der Waals surface area contributed by atoms with Gasteiger partial charge < -0.3 is 14.8 Å². The molecule has 0 spiro atoms. The normalized spacial score (nSPS) is 15.3. The molecule has 2 aromatic rings. The standard InChI is InChI=1S/C14H14ClN3O2S/c15-12-4-3-11(21-12)14(20)18-8-6-17(7-9-18)13(19)10-2-1-5-16-10/h1-5,16H,6-9H2. The lowest BCUT2D eigenvalue weighted by Gasteiger charge is -2.34. The summed E-state index contributed by atoms with van der Waals surface area (Å²) in [5.74, 6) is -0.0369. The summed E-state index contributed by atoms with van der Waals surface area (Å²) in [7, 11) is 0. The van der Waals surface area contributed by atoms with Crippen LogP contribution in [0.4, 0.5) is 0 Å². The van der Waals surface area contributed by atoms with Crippen molar-refractivity contribution < 1.29 is 9.59 Å². The second-order valence-electron chi connectivity index (χ2n) is 4.77. The third-order valence-electron chi connectivity index (χ3n) is 3.47. The molecule has 1 aliphatic rings. The van der Waals surface area contributed by atoms with Crippen LogP contribution in [-0.4, -0.2) is 52.8 Å². The van der Waals surface area contributed by atoms with Crippen LogP contribution in [0.2, 0.25) is 4.34 Å². The van der Waals surface area contributed by atoms with Crippen LogP contribution in [0.15, 0.2) is 30.5 Å². The van der Waals surface area contributed by atoms with Crippen molar-refractivity contribution in [1.29, 1.82) is 0 Å². The van der Waals surface area contributed by atoms with Gasteiger partial charge in [0.25, 0.3) is 11.8 Å². The highest BCUT2D eigenvalue weighted by molar-refractivity contribution is 7.17. The van der Waals surface area contributed by atoms with Gasteiger partial charge in [-0.05, 0) is 24.3 Å². The molecule has 0 radical (unpaired) electrons. The molecular weight excluding hydrogens is 310 g/mol. The van der Waals surface area contributed by atoms with Gasteiger partial charge in [-0.15, -0.1) is 11.3 Å². The van der Waals surface area contributed by atoms with E-state index in [1.807, 2.05) is 0 Å². The number of thiophene rings is 1. The van der Waals surface area contributed by atoms with Crippen LogP contribution in [0.1, 0.15) is 20.2 Å². The van der Waals surface area contributed by atoms with E-state index in [1.54, 1.807) is 40.3 Å². The molecule has 7 heteroatoms. The van der Waals surface area contributed by atoms with Crippen LogP contribution in [0.25, 0.3) is 0 Å². The van der Waals surface area contributed by atoms with E-state index in [-0.39, 0.29) is 11.8 Å². The van der Waals surface area contributed by atoms with E-state index in [0.717, 1.165) is 0 Å². The van der Waals surface area contributed by atoms with Crippen LogP contribution in [0.3, 0.4) is 0 Å². The van der Waals surface area contributed by atoms with Crippen LogP contribution >= 0.6 is 22.9 Å². The minimum Gasteiger partial charge on any atom is -0.357 e. The molecule has 2 aromatic heterocycles. The maximum atomic E-state index is 12.3. The van der Waals surface area contributed by atoms with Crippen molar-refractivity contribution in [3.8, 4) is 0 Å². The Hall–Kier alpha value is -1.79. The number of rotatable bonds is 2. The lowest BCUT2D eigenvalue weighted by molar-refractivity contribution is 0.0535. The summed E-state index contributed by atoms with van der Waals surface area (Å²) in [5.41, 5.74) is 0.583. The summed E-state index contributed by atoms with van der Waals surface area (Å²) in [6, 6.07) is 7.03. The monoisotopic (exact) mass is 323 g/mol. The highest BCUT2D eigenvalue weighted by Crippen LogP contribution is 2.23. The molecule has 3 rings (SSSR count). The van der Waals surface area contributed by atoms with Crippen molar-refractivity contribution >= 4 is 34.8 Å². The quantitative estimate of drug-likeness (QED) is 0.922. The molecular formula is C14H14ClN3O2S. The number of hydrogen-bond acceptors (Lipinski definition) is 3. The lowest BCUT2D eigenvalue weighted by atomic mass is 10.2. The molecule has 1 aliphatic heterocycles. The zero-order chi connectivity index (χ0) is 14.8. The van der Waals surface area contributed by atoms with Crippen molar-refractivity contribution in [3.63, 3.8) is 0 Å². The number of amides is 2. The second-order valence-corrected chi connectivity index (χ2v) is 6.49. The minimum atomic E-state index is -0.0220. The zero-order valence-corrected chi connectivity index (χ0v) is 12.8. The van der Waals surface area contributed by atoms with Gasteiger partial charge in [-0.1, -0.05) is 11.6 Å². The van der Waals surface area contributed by atoms with Crippen LogP contribution < -0.4 is 0 Å². The fourth-order valence-electron chi connectivity index (χ4n) is 2.33. The molecule has 5 nitrogen and oxygen atoms in total. The lowest BCUT2D eigenvalue weighted by Crippen LogP contribution is -2.50. The number of nitrogens with zero attached hydrogens (tertiary/aromatic N) is 2. The number of H-pyrrole nitrogens is 1. The highest BCUT2D eigenvalue weighted by Gasteiger charge is 2.26. The maximum absolute atomic E-state index is 12.3. The van der Waals surface area contributed by atoms with E-state index in [9.17, 15) is 9.59 Å². The first-order chi connectivity index (χ1) is 10.1. The smallest absolute Gasteiger partial charge is 0.270 e. The Morgan fingerprint density at radius 2 is 1.71 bits per heavy atom. The van der Waals surface area contributed by atoms with Gasteiger partial charge in [0.15, 0.2) is 0 Å². The van der Waals surface area contributed by atoms with E-state index >= 15 is 0 Å². The highest BCUT2D eigenvalue weighted by atomic mass is 35.5. The van der Waals surface area contributed by atoms with E-state index in [4.69, 9.17) is 11.6 Å². The summed E-state index contributed by atoms with van der Waals surface area (Å²) in [6.45, 7) is 2.17. The van der Waals surface area contributed by atoms with Crippen molar-refractivity contribution in [2.75, 3.05) is 26.2 Å². The maximum Gasteiger partial charge on any atom is 0.270 e. The summed E-state index contributed by atoms with van der Waals surface area (Å²) in [5, 5.41) is 0. The largest absolute Gasteiger partial charge is 0.357 e. The van der Waals surface area contributed by atoms with Crippen LogP contribution in [0.5, 0.6) is 0 Å². The minimum absolute atomic E-state index is 0.0149. The third-order valence-corrected chi connectivity index (χ3v) is 4.69. The number of aromatic amines is 1. The predicted octanol–water partition coefficient (Wildman–Crippen LogP) is 2.33. The molecule has 21 heavy (non-hydrogen) atoms. The fraction of sp³-hybridized carbons (Fsp3) is 0.286. The van der Waals surface area contributed by atoms with Crippen LogP contribution in [0, 0.1) is 0 Å². The molecule has 0 unspecified atom stereocenters. The van der Waals surface area contributed by atoms with Gasteiger partial charge in [0.05, 0.1) is 9.21 Å². The van der Waals surface area contributed by atoms with Crippen molar-refractivity contribution in [1.82, 2.24) is 14.8 Å². The van der Waals surface area contributed by atoms with E-state index in [1.165, 1.54) is 11.3 Å². The average Bonchev–Trinajstić information content (AvgIpc) is 3.17. The third kappa shape index (κ3) is 2.96. The summed E-state index contributed by atoms with van der Waals surface area (Å²) >= 11 is 7.14. The molecule has 1 fully saturated rings. The number of piperazine rings is 1. The predicted molar refractivity (Wildman–Crippen MR) is 81.9 cm³/mol. The molecule has 1 saturated heterocycles. The number of nitrogens with one attached hydrogen (secondary N) is 1. The van der Waals surface area contributed by atoms with Crippen molar-refractivity contribution in [3.05, 3.63) is 45.4 Å². The van der Waals surface area contributed by atoms with Gasteiger partial charge in [0.1, 0.15) is 5.69 Å². The second kappa shape index (κ2) is 5.91. The summed E-state index contributed by atoms with van der Waals surface area (Å²) in [6.07, 6.45) is 1.73. The molecule has 110 valence electrons. The first-order valence-corrected chi connectivity index (χ1v) is 7.82.